The van der Waals surface area contributed by atoms with E-state index in [1.54, 1.807) is 24.3 Å². The smallest absolute Gasteiger partial charge is 0.158 e. The van der Waals surface area contributed by atoms with Crippen LogP contribution in [0.3, 0.4) is 0 Å². The predicted octanol–water partition coefficient (Wildman–Crippen LogP) is 3.40. The van der Waals surface area contributed by atoms with Crippen LogP contribution in [0.1, 0.15) is 17.2 Å². The quantitative estimate of drug-likeness (QED) is 0.937. The second-order valence-corrected chi connectivity index (χ2v) is 5.18. The van der Waals surface area contributed by atoms with Gasteiger partial charge in [-0.2, -0.15) is 0 Å². The molecule has 2 rings (SSSR count). The largest absolute Gasteiger partial charge is 0.318 e. The van der Waals surface area contributed by atoms with Crippen LogP contribution in [0.15, 0.2) is 53.0 Å². The SMILES string of the molecule is N[C@@H](C(=O)Cc1ccc(Br)cc1F)c1ccccc1. The molecule has 0 saturated heterocycles. The summed E-state index contributed by atoms with van der Waals surface area (Å²) in [6.45, 7) is 0. The van der Waals surface area contributed by atoms with Crippen molar-refractivity contribution in [3.05, 3.63) is 69.9 Å². The molecule has 0 unspecified atom stereocenters. The van der Waals surface area contributed by atoms with Crippen molar-refractivity contribution in [2.45, 2.75) is 12.5 Å². The Hall–Kier alpha value is -1.52. The minimum absolute atomic E-state index is 0.00479. The summed E-state index contributed by atoms with van der Waals surface area (Å²) >= 11 is 3.18. The summed E-state index contributed by atoms with van der Waals surface area (Å²) < 4.78 is 14.3. The molecule has 0 radical (unpaired) electrons. The zero-order valence-electron chi connectivity index (χ0n) is 10.1. The van der Waals surface area contributed by atoms with Crippen molar-refractivity contribution in [1.29, 1.82) is 0 Å². The molecular weight excluding hydrogens is 309 g/mol. The number of rotatable bonds is 4. The maximum atomic E-state index is 13.7. The lowest BCUT2D eigenvalue weighted by Gasteiger charge is -2.11. The Morgan fingerprint density at radius 3 is 2.53 bits per heavy atom. The highest BCUT2D eigenvalue weighted by atomic mass is 79.9. The lowest BCUT2D eigenvalue weighted by molar-refractivity contribution is -0.119. The average Bonchev–Trinajstić information content (AvgIpc) is 2.42. The van der Waals surface area contributed by atoms with E-state index in [4.69, 9.17) is 5.73 Å². The standard InChI is InChI=1S/C15H13BrFNO/c16-12-7-6-11(13(17)9-12)8-14(19)15(18)10-4-2-1-3-5-10/h1-7,9,15H,8,18H2/t15-/m1/s1. The molecule has 0 saturated carbocycles. The Morgan fingerprint density at radius 1 is 1.21 bits per heavy atom. The minimum atomic E-state index is -0.718. The van der Waals surface area contributed by atoms with Gasteiger partial charge in [0.2, 0.25) is 0 Å². The van der Waals surface area contributed by atoms with Crippen LogP contribution in [0.25, 0.3) is 0 Å². The molecule has 2 N–H and O–H groups in total. The fourth-order valence-corrected chi connectivity index (χ4v) is 2.14. The average molecular weight is 322 g/mol. The van der Waals surface area contributed by atoms with E-state index in [0.29, 0.717) is 10.0 Å². The maximum Gasteiger partial charge on any atom is 0.158 e. The summed E-state index contributed by atoms with van der Waals surface area (Å²) in [5.41, 5.74) is 6.99. The molecule has 19 heavy (non-hydrogen) atoms. The number of ketones is 1. The van der Waals surface area contributed by atoms with E-state index in [1.165, 1.54) is 6.07 Å². The summed E-state index contributed by atoms with van der Waals surface area (Å²) in [4.78, 5) is 12.0. The van der Waals surface area contributed by atoms with E-state index in [1.807, 2.05) is 18.2 Å². The van der Waals surface area contributed by atoms with Crippen molar-refractivity contribution in [3.63, 3.8) is 0 Å². The van der Waals surface area contributed by atoms with Gasteiger partial charge in [0.1, 0.15) is 5.82 Å². The summed E-state index contributed by atoms with van der Waals surface area (Å²) in [7, 11) is 0. The zero-order chi connectivity index (χ0) is 13.8. The Balaban J connectivity index is 2.13. The van der Waals surface area contributed by atoms with E-state index in [0.717, 1.165) is 5.56 Å². The second-order valence-electron chi connectivity index (χ2n) is 4.27. The number of hydrogen-bond donors (Lipinski definition) is 1. The van der Waals surface area contributed by atoms with Crippen molar-refractivity contribution in [1.82, 2.24) is 0 Å². The van der Waals surface area contributed by atoms with Gasteiger partial charge in [-0.1, -0.05) is 52.3 Å². The van der Waals surface area contributed by atoms with E-state index in [-0.39, 0.29) is 12.2 Å². The number of nitrogens with two attached hydrogens (primary N) is 1. The van der Waals surface area contributed by atoms with Crippen LogP contribution < -0.4 is 5.73 Å². The Morgan fingerprint density at radius 2 is 1.89 bits per heavy atom. The van der Waals surface area contributed by atoms with E-state index in [9.17, 15) is 9.18 Å². The van der Waals surface area contributed by atoms with Crippen LogP contribution in [0.4, 0.5) is 4.39 Å². The van der Waals surface area contributed by atoms with Crippen LogP contribution in [0.2, 0.25) is 0 Å². The van der Waals surface area contributed by atoms with Gasteiger partial charge in [-0.15, -0.1) is 0 Å². The molecule has 2 aromatic rings. The highest BCUT2D eigenvalue weighted by Crippen LogP contribution is 2.18. The Kier molecular flexibility index (Phi) is 4.45. The van der Waals surface area contributed by atoms with Gasteiger partial charge in [-0.25, -0.2) is 4.39 Å². The third kappa shape index (κ3) is 3.49. The van der Waals surface area contributed by atoms with Gasteiger partial charge >= 0.3 is 0 Å². The van der Waals surface area contributed by atoms with Crippen LogP contribution in [0, 0.1) is 5.82 Å². The predicted molar refractivity (Wildman–Crippen MR) is 76.2 cm³/mol. The van der Waals surface area contributed by atoms with Crippen LogP contribution >= 0.6 is 15.9 Å². The van der Waals surface area contributed by atoms with E-state index >= 15 is 0 Å². The van der Waals surface area contributed by atoms with Crippen molar-refractivity contribution in [3.8, 4) is 0 Å². The Labute approximate surface area is 119 Å². The molecule has 0 aliphatic rings. The normalized spacial score (nSPS) is 12.2. The molecule has 0 amide bonds. The van der Waals surface area contributed by atoms with Crippen molar-refractivity contribution in [2.75, 3.05) is 0 Å². The fraction of sp³-hybridized carbons (Fsp3) is 0.133. The van der Waals surface area contributed by atoms with Crippen LogP contribution in [-0.4, -0.2) is 5.78 Å². The first-order valence-corrected chi connectivity index (χ1v) is 6.64. The molecule has 0 aromatic heterocycles. The number of benzene rings is 2. The van der Waals surface area contributed by atoms with Crippen molar-refractivity contribution >= 4 is 21.7 Å². The number of carbonyl (C=O) groups is 1. The lowest BCUT2D eigenvalue weighted by Crippen LogP contribution is -2.23. The van der Waals surface area contributed by atoms with E-state index < -0.39 is 11.9 Å². The third-order valence-corrected chi connectivity index (χ3v) is 3.38. The molecule has 0 aliphatic carbocycles. The lowest BCUT2D eigenvalue weighted by atomic mass is 9.98. The van der Waals surface area contributed by atoms with Gasteiger partial charge < -0.3 is 5.73 Å². The van der Waals surface area contributed by atoms with Crippen molar-refractivity contribution in [2.24, 2.45) is 5.73 Å². The highest BCUT2D eigenvalue weighted by molar-refractivity contribution is 9.10. The van der Waals surface area contributed by atoms with Gasteiger partial charge in [0.25, 0.3) is 0 Å². The first kappa shape index (κ1) is 13.9. The summed E-state index contributed by atoms with van der Waals surface area (Å²) in [6, 6.07) is 13.0. The molecule has 0 bridgehead atoms. The molecule has 2 aromatic carbocycles. The fourth-order valence-electron chi connectivity index (χ4n) is 1.81. The van der Waals surface area contributed by atoms with Gasteiger partial charge in [0.05, 0.1) is 6.04 Å². The second kappa shape index (κ2) is 6.08. The minimum Gasteiger partial charge on any atom is -0.318 e. The Bertz CT molecular complexity index is 586. The molecule has 1 atom stereocenters. The highest BCUT2D eigenvalue weighted by Gasteiger charge is 2.17. The molecule has 98 valence electrons. The first-order valence-electron chi connectivity index (χ1n) is 5.85. The van der Waals surface area contributed by atoms with Gasteiger partial charge in [-0.05, 0) is 23.3 Å². The molecule has 0 heterocycles. The van der Waals surface area contributed by atoms with Gasteiger partial charge in [-0.3, -0.25) is 4.79 Å². The van der Waals surface area contributed by atoms with Gasteiger partial charge in [0, 0.05) is 10.9 Å². The zero-order valence-corrected chi connectivity index (χ0v) is 11.7. The van der Waals surface area contributed by atoms with E-state index in [2.05, 4.69) is 15.9 Å². The number of halogens is 2. The topological polar surface area (TPSA) is 43.1 Å². The molecule has 0 spiro atoms. The number of hydrogen-bond acceptors (Lipinski definition) is 2. The third-order valence-electron chi connectivity index (χ3n) is 2.89. The molecule has 2 nitrogen and oxygen atoms in total. The van der Waals surface area contributed by atoms with Crippen molar-refractivity contribution < 1.29 is 9.18 Å². The monoisotopic (exact) mass is 321 g/mol. The van der Waals surface area contributed by atoms with Crippen LogP contribution in [0.5, 0.6) is 0 Å². The molecule has 4 heteroatoms. The number of carbonyl (C=O) groups excluding carboxylic acids is 1. The molecule has 0 fully saturated rings. The number of Topliss-reactive ketones (excluding diaryl/α,β-unsaturated/α-hetero) is 1. The van der Waals surface area contributed by atoms with Crippen LogP contribution in [-0.2, 0) is 11.2 Å². The maximum absolute atomic E-state index is 13.7. The molecular formula is C15H13BrFNO. The molecule has 0 aliphatic heterocycles. The van der Waals surface area contributed by atoms with Gasteiger partial charge in [0.15, 0.2) is 5.78 Å². The first-order chi connectivity index (χ1) is 9.08. The summed E-state index contributed by atoms with van der Waals surface area (Å²) in [5, 5.41) is 0. The summed E-state index contributed by atoms with van der Waals surface area (Å²) in [5.74, 6) is -0.601. The summed E-state index contributed by atoms with van der Waals surface area (Å²) in [6.07, 6.45) is -0.00479.